The van der Waals surface area contributed by atoms with Crippen LogP contribution in [0.2, 0.25) is 12.1 Å². The van der Waals surface area contributed by atoms with Gasteiger partial charge in [-0.3, -0.25) is 0 Å². The maximum absolute atomic E-state index is 3.46. The van der Waals surface area contributed by atoms with E-state index >= 15 is 0 Å². The Morgan fingerprint density at radius 2 is 1.83 bits per heavy atom. The van der Waals surface area contributed by atoms with Crippen molar-refractivity contribution in [3.05, 3.63) is 29.8 Å². The first-order chi connectivity index (χ1) is 5.90. The molecule has 1 aromatic carbocycles. The van der Waals surface area contributed by atoms with Gasteiger partial charge in [0.05, 0.1) is 8.80 Å². The minimum atomic E-state index is -0.406. The normalized spacial score (nSPS) is 17.4. The molecule has 64 valence electrons. The molecular weight excluding hydrogens is 228 g/mol. The Hall–Kier alpha value is -0.0831. The average Bonchev–Trinajstić information content (AvgIpc) is 2.03. The van der Waals surface area contributed by atoms with Gasteiger partial charge in [-0.1, -0.05) is 63.9 Å². The van der Waals surface area contributed by atoms with Gasteiger partial charge in [0.2, 0.25) is 0 Å². The third-order valence-corrected chi connectivity index (χ3v) is 6.90. The number of rotatable bonds is 2. The molecule has 1 aliphatic heterocycles. The first-order valence-electron chi connectivity index (χ1n) is 4.55. The van der Waals surface area contributed by atoms with Gasteiger partial charge in [-0.2, -0.15) is 0 Å². The maximum Gasteiger partial charge on any atom is 0.0708 e. The molecule has 12 heavy (non-hydrogen) atoms. The van der Waals surface area contributed by atoms with Gasteiger partial charge < -0.3 is 0 Å². The zero-order chi connectivity index (χ0) is 8.39. The number of benzene rings is 1. The highest BCUT2D eigenvalue weighted by Crippen LogP contribution is 2.19. The second-order valence-corrected chi connectivity index (χ2v) is 7.28. The van der Waals surface area contributed by atoms with E-state index in [-0.39, 0.29) is 0 Å². The summed E-state index contributed by atoms with van der Waals surface area (Å²) in [5.41, 5.74) is 1.40. The van der Waals surface area contributed by atoms with Gasteiger partial charge in [-0.15, -0.1) is 0 Å². The van der Waals surface area contributed by atoms with Crippen LogP contribution >= 0.6 is 15.9 Å². The Balaban J connectivity index is 2.13. The summed E-state index contributed by atoms with van der Waals surface area (Å²) in [7, 11) is -0.406. The predicted molar refractivity (Wildman–Crippen MR) is 60.1 cm³/mol. The Bertz CT molecular complexity index is 251. The van der Waals surface area contributed by atoms with E-state index in [4.69, 9.17) is 0 Å². The third kappa shape index (κ3) is 1.64. The van der Waals surface area contributed by atoms with Crippen molar-refractivity contribution in [2.75, 3.05) is 0 Å². The molecule has 0 spiro atoms. The summed E-state index contributed by atoms with van der Waals surface area (Å²) in [6.45, 7) is 0. The standard InChI is InChI=1S/C10H13BrSi/c11-8-9-2-4-10(5-3-9)12-6-1-7-12/h2-5,12H,1,6-8H2. The van der Waals surface area contributed by atoms with Crippen molar-refractivity contribution in [2.24, 2.45) is 0 Å². The van der Waals surface area contributed by atoms with Crippen LogP contribution in [0.4, 0.5) is 0 Å². The summed E-state index contributed by atoms with van der Waals surface area (Å²) in [4.78, 5) is 0. The quantitative estimate of drug-likeness (QED) is 0.551. The lowest BCUT2D eigenvalue weighted by Gasteiger charge is -2.24. The average molecular weight is 241 g/mol. The molecule has 1 aromatic rings. The van der Waals surface area contributed by atoms with Gasteiger partial charge in [0.25, 0.3) is 0 Å². The second kappa shape index (κ2) is 3.75. The van der Waals surface area contributed by atoms with Gasteiger partial charge in [0, 0.05) is 5.33 Å². The van der Waals surface area contributed by atoms with Crippen molar-refractivity contribution in [3.63, 3.8) is 0 Å². The van der Waals surface area contributed by atoms with Crippen LogP contribution in [0.5, 0.6) is 0 Å². The van der Waals surface area contributed by atoms with E-state index in [0.717, 1.165) is 5.33 Å². The molecule has 0 amide bonds. The summed E-state index contributed by atoms with van der Waals surface area (Å²) >= 11 is 3.46. The lowest BCUT2D eigenvalue weighted by atomic mass is 10.2. The van der Waals surface area contributed by atoms with Crippen LogP contribution in [-0.2, 0) is 5.33 Å². The van der Waals surface area contributed by atoms with Gasteiger partial charge in [-0.25, -0.2) is 0 Å². The smallest absolute Gasteiger partial charge is 0.0708 e. The van der Waals surface area contributed by atoms with Crippen molar-refractivity contribution in [2.45, 2.75) is 23.8 Å². The highest BCUT2D eigenvalue weighted by Gasteiger charge is 2.20. The first kappa shape index (κ1) is 8.51. The van der Waals surface area contributed by atoms with Crippen LogP contribution in [0, 0.1) is 0 Å². The van der Waals surface area contributed by atoms with E-state index in [1.54, 1.807) is 5.19 Å². The van der Waals surface area contributed by atoms with Crippen molar-refractivity contribution in [1.82, 2.24) is 0 Å². The summed E-state index contributed by atoms with van der Waals surface area (Å²) in [6.07, 6.45) is 1.48. The molecule has 1 heterocycles. The molecule has 0 aliphatic carbocycles. The minimum Gasteiger partial charge on any atom is -0.0876 e. The highest BCUT2D eigenvalue weighted by molar-refractivity contribution is 9.08. The van der Waals surface area contributed by atoms with Gasteiger partial charge in [0.15, 0.2) is 0 Å². The van der Waals surface area contributed by atoms with E-state index in [9.17, 15) is 0 Å². The van der Waals surface area contributed by atoms with Crippen molar-refractivity contribution >= 4 is 29.9 Å². The molecule has 1 fully saturated rings. The molecule has 0 aromatic heterocycles. The molecule has 0 unspecified atom stereocenters. The molecule has 2 rings (SSSR count). The molecule has 1 aliphatic rings. The summed E-state index contributed by atoms with van der Waals surface area (Å²) in [5.74, 6) is 0. The van der Waals surface area contributed by atoms with E-state index in [1.807, 2.05) is 0 Å². The molecule has 1 saturated heterocycles. The predicted octanol–water partition coefficient (Wildman–Crippen LogP) is 2.42. The molecule has 0 N–H and O–H groups in total. The first-order valence-corrected chi connectivity index (χ1v) is 7.88. The van der Waals surface area contributed by atoms with Crippen LogP contribution in [0.25, 0.3) is 0 Å². The van der Waals surface area contributed by atoms with E-state index < -0.39 is 8.80 Å². The maximum atomic E-state index is 3.46. The molecule has 2 heteroatoms. The van der Waals surface area contributed by atoms with Crippen molar-refractivity contribution < 1.29 is 0 Å². The van der Waals surface area contributed by atoms with Crippen molar-refractivity contribution in [3.8, 4) is 0 Å². The molecule has 0 nitrogen and oxygen atoms in total. The monoisotopic (exact) mass is 240 g/mol. The van der Waals surface area contributed by atoms with Gasteiger partial charge >= 0.3 is 0 Å². The number of alkyl halides is 1. The van der Waals surface area contributed by atoms with Gasteiger partial charge in [-0.05, 0) is 5.56 Å². The zero-order valence-corrected chi connectivity index (χ0v) is 9.83. The summed E-state index contributed by atoms with van der Waals surface area (Å²) in [5, 5.41) is 2.66. The Morgan fingerprint density at radius 1 is 1.17 bits per heavy atom. The second-order valence-electron chi connectivity index (χ2n) is 3.50. The Labute approximate surface area is 83.7 Å². The minimum absolute atomic E-state index is 0.406. The number of hydrogen-bond acceptors (Lipinski definition) is 0. The fourth-order valence-corrected chi connectivity index (χ4v) is 4.21. The van der Waals surface area contributed by atoms with Crippen LogP contribution in [-0.4, -0.2) is 8.80 Å². The Kier molecular flexibility index (Phi) is 2.66. The lowest BCUT2D eigenvalue weighted by molar-refractivity contribution is 0.951. The highest BCUT2D eigenvalue weighted by atomic mass is 79.9. The summed E-state index contributed by atoms with van der Waals surface area (Å²) < 4.78 is 0. The van der Waals surface area contributed by atoms with E-state index in [2.05, 4.69) is 40.2 Å². The zero-order valence-electron chi connectivity index (χ0n) is 7.09. The van der Waals surface area contributed by atoms with Crippen LogP contribution < -0.4 is 5.19 Å². The van der Waals surface area contributed by atoms with E-state index in [1.165, 1.54) is 24.1 Å². The molecule has 0 bridgehead atoms. The van der Waals surface area contributed by atoms with Crippen LogP contribution in [0.3, 0.4) is 0 Å². The third-order valence-electron chi connectivity index (χ3n) is 2.71. The fraction of sp³-hybridized carbons (Fsp3) is 0.400. The van der Waals surface area contributed by atoms with Crippen molar-refractivity contribution in [1.29, 1.82) is 0 Å². The number of hydrogen-bond donors (Lipinski definition) is 0. The molecule has 0 radical (unpaired) electrons. The van der Waals surface area contributed by atoms with E-state index in [0.29, 0.717) is 0 Å². The lowest BCUT2D eigenvalue weighted by Crippen LogP contribution is -2.35. The fourth-order valence-electron chi connectivity index (χ4n) is 1.62. The van der Waals surface area contributed by atoms with Crippen LogP contribution in [0.1, 0.15) is 12.0 Å². The SMILES string of the molecule is BrCc1ccc([SiH]2CCC2)cc1. The van der Waals surface area contributed by atoms with Crippen LogP contribution in [0.15, 0.2) is 24.3 Å². The molecule has 0 atom stereocenters. The topological polar surface area (TPSA) is 0 Å². The largest absolute Gasteiger partial charge is 0.0876 e. The number of halogens is 1. The molecular formula is C10H13BrSi. The molecule has 0 saturated carbocycles. The van der Waals surface area contributed by atoms with Gasteiger partial charge in [0.1, 0.15) is 0 Å². The summed E-state index contributed by atoms with van der Waals surface area (Å²) in [6, 6.07) is 12.3. The Morgan fingerprint density at radius 3 is 2.25 bits per heavy atom.